The number of hydrogen-bond acceptors (Lipinski definition) is 2. The van der Waals surface area contributed by atoms with E-state index < -0.39 is 0 Å². The second kappa shape index (κ2) is 6.13. The smallest absolute Gasteiger partial charge is 0.0252 e. The molecule has 0 aromatic rings. The van der Waals surface area contributed by atoms with Crippen molar-refractivity contribution in [1.82, 2.24) is 10.2 Å². The van der Waals surface area contributed by atoms with Crippen LogP contribution in [0.5, 0.6) is 0 Å². The van der Waals surface area contributed by atoms with Crippen molar-refractivity contribution in [3.8, 4) is 0 Å². The van der Waals surface area contributed by atoms with Crippen molar-refractivity contribution < 1.29 is 0 Å². The minimum absolute atomic E-state index is 0.468. The Kier molecular flexibility index (Phi) is 4.94. The Morgan fingerprint density at radius 3 is 2.26 bits per heavy atom. The van der Waals surface area contributed by atoms with Crippen LogP contribution in [-0.4, -0.2) is 36.6 Å². The molecule has 2 saturated carbocycles. The van der Waals surface area contributed by atoms with Gasteiger partial charge in [-0.05, 0) is 57.0 Å². The van der Waals surface area contributed by atoms with E-state index in [0.29, 0.717) is 11.5 Å². The van der Waals surface area contributed by atoms with Crippen LogP contribution < -0.4 is 5.32 Å². The van der Waals surface area contributed by atoms with Gasteiger partial charge in [0.2, 0.25) is 0 Å². The largest absolute Gasteiger partial charge is 0.313 e. The van der Waals surface area contributed by atoms with Gasteiger partial charge in [0.25, 0.3) is 0 Å². The third-order valence-electron chi connectivity index (χ3n) is 5.68. The lowest BCUT2D eigenvalue weighted by Crippen LogP contribution is -2.57. The fourth-order valence-corrected chi connectivity index (χ4v) is 3.95. The van der Waals surface area contributed by atoms with E-state index >= 15 is 0 Å². The van der Waals surface area contributed by atoms with Crippen LogP contribution in [-0.2, 0) is 0 Å². The molecule has 3 atom stereocenters. The van der Waals surface area contributed by atoms with Gasteiger partial charge in [-0.25, -0.2) is 0 Å². The summed E-state index contributed by atoms with van der Waals surface area (Å²) in [5.41, 5.74) is 0.468. The summed E-state index contributed by atoms with van der Waals surface area (Å²) in [6.07, 6.45) is 8.43. The monoisotopic (exact) mass is 266 g/mol. The predicted molar refractivity (Wildman–Crippen MR) is 83.5 cm³/mol. The summed E-state index contributed by atoms with van der Waals surface area (Å²) in [5.74, 6) is 0.884. The summed E-state index contributed by atoms with van der Waals surface area (Å²) in [6, 6.07) is 2.34. The standard InChI is InChI=1S/C17H34N2/c1-6-18-15-11-10-13(17(2,3)4)12-16(15)19(5)14-8-7-9-14/h13-16,18H,6-12H2,1-5H3. The van der Waals surface area contributed by atoms with E-state index in [9.17, 15) is 0 Å². The topological polar surface area (TPSA) is 15.3 Å². The molecule has 0 aromatic heterocycles. The van der Waals surface area contributed by atoms with E-state index in [4.69, 9.17) is 0 Å². The Hall–Kier alpha value is -0.0800. The van der Waals surface area contributed by atoms with E-state index in [0.717, 1.165) is 24.5 Å². The molecule has 112 valence electrons. The Morgan fingerprint density at radius 1 is 1.11 bits per heavy atom. The highest BCUT2D eigenvalue weighted by Gasteiger charge is 2.39. The first-order valence-corrected chi connectivity index (χ1v) is 8.38. The maximum absolute atomic E-state index is 3.75. The van der Waals surface area contributed by atoms with Gasteiger partial charge < -0.3 is 5.32 Å². The van der Waals surface area contributed by atoms with E-state index in [1.807, 2.05) is 0 Å². The quantitative estimate of drug-likeness (QED) is 0.835. The van der Waals surface area contributed by atoms with Gasteiger partial charge in [-0.1, -0.05) is 34.1 Å². The van der Waals surface area contributed by atoms with Gasteiger partial charge in [0, 0.05) is 18.1 Å². The van der Waals surface area contributed by atoms with Crippen molar-refractivity contribution in [2.45, 2.75) is 84.3 Å². The van der Waals surface area contributed by atoms with Crippen LogP contribution in [0.15, 0.2) is 0 Å². The van der Waals surface area contributed by atoms with Crippen molar-refractivity contribution in [3.05, 3.63) is 0 Å². The van der Waals surface area contributed by atoms with Crippen LogP contribution in [0, 0.1) is 11.3 Å². The van der Waals surface area contributed by atoms with Gasteiger partial charge in [-0.2, -0.15) is 0 Å². The molecule has 0 aromatic carbocycles. The number of hydrogen-bond donors (Lipinski definition) is 1. The molecule has 0 amide bonds. The lowest BCUT2D eigenvalue weighted by atomic mass is 9.69. The minimum atomic E-state index is 0.468. The van der Waals surface area contributed by atoms with Gasteiger partial charge in [0.05, 0.1) is 0 Å². The van der Waals surface area contributed by atoms with Crippen LogP contribution in [0.4, 0.5) is 0 Å². The lowest BCUT2D eigenvalue weighted by molar-refractivity contribution is 0.0276. The molecule has 0 heterocycles. The Balaban J connectivity index is 2.03. The molecule has 0 radical (unpaired) electrons. The van der Waals surface area contributed by atoms with Crippen LogP contribution >= 0.6 is 0 Å². The molecule has 2 fully saturated rings. The summed E-state index contributed by atoms with van der Waals surface area (Å²) in [7, 11) is 2.38. The second-order valence-electron chi connectivity index (χ2n) is 7.86. The van der Waals surface area contributed by atoms with Crippen LogP contribution in [0.3, 0.4) is 0 Å². The summed E-state index contributed by atoms with van der Waals surface area (Å²) in [4.78, 5) is 2.72. The third-order valence-corrected chi connectivity index (χ3v) is 5.68. The molecule has 1 N–H and O–H groups in total. The highest BCUT2D eigenvalue weighted by molar-refractivity contribution is 4.96. The number of nitrogens with one attached hydrogen (secondary N) is 1. The van der Waals surface area contributed by atoms with E-state index in [1.54, 1.807) is 0 Å². The molecule has 3 unspecified atom stereocenters. The number of nitrogens with zero attached hydrogens (tertiary/aromatic N) is 1. The van der Waals surface area contributed by atoms with Crippen LogP contribution in [0.25, 0.3) is 0 Å². The van der Waals surface area contributed by atoms with Gasteiger partial charge in [0.1, 0.15) is 0 Å². The maximum atomic E-state index is 3.75. The zero-order valence-electron chi connectivity index (χ0n) is 13.7. The molecule has 2 rings (SSSR count). The minimum Gasteiger partial charge on any atom is -0.313 e. The highest BCUT2D eigenvalue weighted by atomic mass is 15.2. The summed E-state index contributed by atoms with van der Waals surface area (Å²) < 4.78 is 0. The Labute approximate surface area is 120 Å². The molecule has 2 nitrogen and oxygen atoms in total. The molecule has 0 saturated heterocycles. The molecule has 2 aliphatic carbocycles. The summed E-state index contributed by atoms with van der Waals surface area (Å²) in [5, 5.41) is 3.75. The maximum Gasteiger partial charge on any atom is 0.0252 e. The third kappa shape index (κ3) is 3.52. The molecule has 19 heavy (non-hydrogen) atoms. The molecule has 0 aliphatic heterocycles. The van der Waals surface area contributed by atoms with E-state index in [2.05, 4.69) is 45.0 Å². The fourth-order valence-electron chi connectivity index (χ4n) is 3.95. The summed E-state index contributed by atoms with van der Waals surface area (Å²) >= 11 is 0. The van der Waals surface area contributed by atoms with Crippen LogP contribution in [0.2, 0.25) is 0 Å². The van der Waals surface area contributed by atoms with Gasteiger partial charge in [-0.15, -0.1) is 0 Å². The molecular weight excluding hydrogens is 232 g/mol. The fraction of sp³-hybridized carbons (Fsp3) is 1.00. The summed E-state index contributed by atoms with van der Waals surface area (Å²) in [6.45, 7) is 10.6. The van der Waals surface area contributed by atoms with Crippen LogP contribution in [0.1, 0.15) is 66.2 Å². The Bertz CT molecular complexity index is 275. The molecule has 0 bridgehead atoms. The Morgan fingerprint density at radius 2 is 1.79 bits per heavy atom. The SMILES string of the molecule is CCNC1CCC(C(C)(C)C)CC1N(C)C1CCC1. The first-order valence-electron chi connectivity index (χ1n) is 8.38. The molecular formula is C17H34N2. The van der Waals surface area contributed by atoms with Crippen molar-refractivity contribution in [2.75, 3.05) is 13.6 Å². The number of rotatable bonds is 4. The number of likely N-dealkylation sites (N-methyl/N-ethyl adjacent to an activating group) is 2. The van der Waals surface area contributed by atoms with Crippen molar-refractivity contribution in [3.63, 3.8) is 0 Å². The zero-order chi connectivity index (χ0) is 14.0. The van der Waals surface area contributed by atoms with Gasteiger partial charge in [-0.3, -0.25) is 4.90 Å². The zero-order valence-corrected chi connectivity index (χ0v) is 13.7. The van der Waals surface area contributed by atoms with E-state index in [-0.39, 0.29) is 0 Å². The first-order chi connectivity index (χ1) is 8.93. The van der Waals surface area contributed by atoms with Gasteiger partial charge in [0.15, 0.2) is 0 Å². The molecule has 2 aliphatic rings. The van der Waals surface area contributed by atoms with Crippen molar-refractivity contribution in [1.29, 1.82) is 0 Å². The van der Waals surface area contributed by atoms with Crippen molar-refractivity contribution in [2.24, 2.45) is 11.3 Å². The normalized spacial score (nSPS) is 33.5. The van der Waals surface area contributed by atoms with Crippen molar-refractivity contribution >= 4 is 0 Å². The van der Waals surface area contributed by atoms with E-state index in [1.165, 1.54) is 38.5 Å². The lowest BCUT2D eigenvalue weighted by Gasteiger charge is -2.49. The predicted octanol–water partition coefficient (Wildman–Crippen LogP) is 3.66. The highest BCUT2D eigenvalue weighted by Crippen LogP contribution is 2.40. The first kappa shape index (κ1) is 15.3. The van der Waals surface area contributed by atoms with Gasteiger partial charge >= 0.3 is 0 Å². The molecule has 0 spiro atoms. The second-order valence-corrected chi connectivity index (χ2v) is 7.86. The average molecular weight is 266 g/mol. The molecule has 2 heteroatoms. The average Bonchev–Trinajstić information content (AvgIpc) is 2.26.